The summed E-state index contributed by atoms with van der Waals surface area (Å²) in [5, 5.41) is 11.9. The van der Waals surface area contributed by atoms with Crippen LogP contribution in [0, 0.1) is 5.41 Å². The third-order valence-electron chi connectivity index (χ3n) is 2.73. The number of aliphatic hydroxyl groups is 1. The molecule has 0 fully saturated rings. The van der Waals surface area contributed by atoms with Gasteiger partial charge in [0.05, 0.1) is 12.6 Å². The Hall–Kier alpha value is -1.55. The number of carbonyl (C=O) groups is 1. The van der Waals surface area contributed by atoms with Gasteiger partial charge in [0.2, 0.25) is 0 Å². The summed E-state index contributed by atoms with van der Waals surface area (Å²) in [5.41, 5.74) is 0.726. The first-order chi connectivity index (χ1) is 8.43. The first-order valence-corrected chi connectivity index (χ1v) is 6.01. The van der Waals surface area contributed by atoms with Crippen molar-refractivity contribution in [3.63, 3.8) is 0 Å². The maximum absolute atomic E-state index is 11.6. The second-order valence-electron chi connectivity index (χ2n) is 5.31. The molecule has 0 unspecified atom stereocenters. The van der Waals surface area contributed by atoms with Gasteiger partial charge in [-0.15, -0.1) is 0 Å². The molecule has 0 saturated heterocycles. The van der Waals surface area contributed by atoms with Crippen molar-refractivity contribution in [3.8, 4) is 0 Å². The average molecular weight is 251 g/mol. The third-order valence-corrected chi connectivity index (χ3v) is 2.73. The van der Waals surface area contributed by atoms with E-state index in [-0.39, 0.29) is 24.7 Å². The topological polar surface area (TPSA) is 58.6 Å². The molecule has 18 heavy (non-hydrogen) atoms. The number of carbonyl (C=O) groups excluding carboxylic acids is 1. The molecule has 100 valence electrons. The summed E-state index contributed by atoms with van der Waals surface area (Å²) >= 11 is 0. The third kappa shape index (κ3) is 4.75. The highest BCUT2D eigenvalue weighted by Crippen LogP contribution is 2.18. The lowest BCUT2D eigenvalue weighted by molar-refractivity contribution is 0.109. The van der Waals surface area contributed by atoms with Crippen LogP contribution in [0.5, 0.6) is 0 Å². The predicted molar refractivity (Wildman–Crippen MR) is 70.1 cm³/mol. The Morgan fingerprint density at radius 3 is 2.44 bits per heavy atom. The molecule has 1 atom stereocenters. The maximum Gasteiger partial charge on any atom is 0.407 e. The van der Waals surface area contributed by atoms with Crippen LogP contribution < -0.4 is 5.32 Å². The van der Waals surface area contributed by atoms with Crippen LogP contribution in [-0.2, 0) is 11.3 Å². The van der Waals surface area contributed by atoms with E-state index in [1.165, 1.54) is 0 Å². The van der Waals surface area contributed by atoms with Gasteiger partial charge in [-0.1, -0.05) is 51.1 Å². The number of amides is 1. The summed E-state index contributed by atoms with van der Waals surface area (Å²) in [6.07, 6.45) is -0.507. The minimum absolute atomic E-state index is 0.107. The lowest BCUT2D eigenvalue weighted by Crippen LogP contribution is -2.46. The van der Waals surface area contributed by atoms with Gasteiger partial charge in [-0.2, -0.15) is 0 Å². The predicted octanol–water partition coefficient (Wildman–Crippen LogP) is 2.32. The number of ether oxygens (including phenoxy) is 1. The van der Waals surface area contributed by atoms with E-state index in [1.807, 2.05) is 51.1 Å². The van der Waals surface area contributed by atoms with Gasteiger partial charge in [0.1, 0.15) is 6.61 Å². The van der Waals surface area contributed by atoms with Crippen molar-refractivity contribution in [3.05, 3.63) is 35.9 Å². The number of aliphatic hydroxyl groups excluding tert-OH is 1. The van der Waals surface area contributed by atoms with Crippen molar-refractivity contribution in [1.29, 1.82) is 0 Å². The van der Waals surface area contributed by atoms with Crippen LogP contribution in [0.4, 0.5) is 4.79 Å². The second kappa shape index (κ2) is 6.40. The Labute approximate surface area is 108 Å². The zero-order chi connectivity index (χ0) is 13.6. The van der Waals surface area contributed by atoms with E-state index in [1.54, 1.807) is 0 Å². The van der Waals surface area contributed by atoms with Crippen LogP contribution in [0.1, 0.15) is 26.3 Å². The van der Waals surface area contributed by atoms with Gasteiger partial charge >= 0.3 is 6.09 Å². The summed E-state index contributed by atoms with van der Waals surface area (Å²) in [7, 11) is 0. The van der Waals surface area contributed by atoms with Crippen molar-refractivity contribution in [2.45, 2.75) is 33.4 Å². The zero-order valence-electron chi connectivity index (χ0n) is 11.1. The van der Waals surface area contributed by atoms with Crippen LogP contribution in [0.25, 0.3) is 0 Å². The van der Waals surface area contributed by atoms with Crippen LogP contribution in [0.2, 0.25) is 0 Å². The van der Waals surface area contributed by atoms with E-state index in [0.717, 1.165) is 5.56 Å². The van der Waals surface area contributed by atoms with Crippen LogP contribution in [0.15, 0.2) is 30.3 Å². The quantitative estimate of drug-likeness (QED) is 0.863. The fourth-order valence-corrected chi connectivity index (χ4v) is 1.44. The SMILES string of the molecule is CC(C)(C)[C@H](CO)NC(=O)OCc1ccccc1. The Morgan fingerprint density at radius 1 is 1.33 bits per heavy atom. The lowest BCUT2D eigenvalue weighted by atomic mass is 9.87. The Balaban J connectivity index is 2.42. The van der Waals surface area contributed by atoms with Gasteiger partial charge in [0, 0.05) is 0 Å². The van der Waals surface area contributed by atoms with E-state index in [4.69, 9.17) is 4.74 Å². The molecule has 0 aliphatic carbocycles. The molecule has 1 amide bonds. The molecule has 4 heteroatoms. The van der Waals surface area contributed by atoms with Crippen molar-refractivity contribution in [1.82, 2.24) is 5.32 Å². The summed E-state index contributed by atoms with van der Waals surface area (Å²) in [5.74, 6) is 0. The average Bonchev–Trinajstić information content (AvgIpc) is 2.33. The molecule has 0 heterocycles. The van der Waals surface area contributed by atoms with E-state index in [9.17, 15) is 9.90 Å². The molecule has 0 bridgehead atoms. The normalized spacial score (nSPS) is 12.9. The lowest BCUT2D eigenvalue weighted by Gasteiger charge is -2.29. The molecular formula is C14H21NO3. The van der Waals surface area contributed by atoms with Gasteiger partial charge in [-0.3, -0.25) is 0 Å². The maximum atomic E-state index is 11.6. The fourth-order valence-electron chi connectivity index (χ4n) is 1.44. The van der Waals surface area contributed by atoms with Gasteiger partial charge in [0.15, 0.2) is 0 Å². The summed E-state index contributed by atoms with van der Waals surface area (Å²) in [4.78, 5) is 11.6. The van der Waals surface area contributed by atoms with Gasteiger partial charge in [-0.05, 0) is 11.0 Å². The van der Waals surface area contributed by atoms with E-state index < -0.39 is 6.09 Å². The largest absolute Gasteiger partial charge is 0.445 e. The molecule has 2 N–H and O–H groups in total. The Bertz CT molecular complexity index is 370. The highest BCUT2D eigenvalue weighted by molar-refractivity contribution is 5.67. The van der Waals surface area contributed by atoms with Gasteiger partial charge in [0.25, 0.3) is 0 Å². The molecule has 0 aliphatic rings. The molecule has 0 aliphatic heterocycles. The number of hydrogen-bond donors (Lipinski definition) is 2. The van der Waals surface area contributed by atoms with Crippen molar-refractivity contribution in [2.75, 3.05) is 6.61 Å². The van der Waals surface area contributed by atoms with Crippen molar-refractivity contribution < 1.29 is 14.6 Å². The van der Waals surface area contributed by atoms with Gasteiger partial charge in [-0.25, -0.2) is 4.79 Å². The number of alkyl carbamates (subject to hydrolysis) is 1. The number of rotatable bonds is 4. The molecular weight excluding hydrogens is 230 g/mol. The van der Waals surface area contributed by atoms with E-state index >= 15 is 0 Å². The number of nitrogens with one attached hydrogen (secondary N) is 1. The standard InChI is InChI=1S/C14H21NO3/c1-14(2,3)12(9-16)15-13(17)18-10-11-7-5-4-6-8-11/h4-8,12,16H,9-10H2,1-3H3,(H,15,17)/t12-/m0/s1. The molecule has 0 radical (unpaired) electrons. The molecule has 1 aromatic rings. The Morgan fingerprint density at radius 2 is 1.94 bits per heavy atom. The monoisotopic (exact) mass is 251 g/mol. The fraction of sp³-hybridized carbons (Fsp3) is 0.500. The summed E-state index contributed by atoms with van der Waals surface area (Å²) in [6.45, 7) is 5.97. The minimum Gasteiger partial charge on any atom is -0.445 e. The van der Waals surface area contributed by atoms with Crippen LogP contribution >= 0.6 is 0 Å². The Kier molecular flexibility index (Phi) is 5.16. The molecule has 0 spiro atoms. The smallest absolute Gasteiger partial charge is 0.407 e. The first-order valence-electron chi connectivity index (χ1n) is 6.01. The van der Waals surface area contributed by atoms with Gasteiger partial charge < -0.3 is 15.2 Å². The van der Waals surface area contributed by atoms with Crippen LogP contribution in [-0.4, -0.2) is 23.8 Å². The molecule has 0 saturated carbocycles. The van der Waals surface area contributed by atoms with Crippen LogP contribution in [0.3, 0.4) is 0 Å². The number of benzene rings is 1. The van der Waals surface area contributed by atoms with E-state index in [2.05, 4.69) is 5.32 Å². The van der Waals surface area contributed by atoms with Crippen molar-refractivity contribution >= 4 is 6.09 Å². The highest BCUT2D eigenvalue weighted by Gasteiger charge is 2.25. The zero-order valence-corrected chi connectivity index (χ0v) is 11.1. The molecule has 1 aromatic carbocycles. The second-order valence-corrected chi connectivity index (χ2v) is 5.31. The summed E-state index contributed by atoms with van der Waals surface area (Å²) in [6, 6.07) is 9.15. The molecule has 1 rings (SSSR count). The first kappa shape index (κ1) is 14.5. The minimum atomic E-state index is -0.507. The van der Waals surface area contributed by atoms with E-state index in [0.29, 0.717) is 0 Å². The van der Waals surface area contributed by atoms with Crippen molar-refractivity contribution in [2.24, 2.45) is 5.41 Å². The summed E-state index contributed by atoms with van der Waals surface area (Å²) < 4.78 is 5.09. The number of hydrogen-bond acceptors (Lipinski definition) is 3. The molecule has 0 aromatic heterocycles. The molecule has 4 nitrogen and oxygen atoms in total. The highest BCUT2D eigenvalue weighted by atomic mass is 16.5.